The van der Waals surface area contributed by atoms with Gasteiger partial charge in [0.05, 0.1) is 11.5 Å². The van der Waals surface area contributed by atoms with E-state index in [-0.39, 0.29) is 5.56 Å². The summed E-state index contributed by atoms with van der Waals surface area (Å²) in [6.07, 6.45) is 5.59. The SMILES string of the molecule is CCCn1c(SCCCC#N)nc2sc3c(c2c1=O)CCC3. The van der Waals surface area contributed by atoms with Crippen molar-refractivity contribution in [2.75, 3.05) is 5.75 Å². The lowest BCUT2D eigenvalue weighted by Gasteiger charge is -2.11. The van der Waals surface area contributed by atoms with Gasteiger partial charge in [0.15, 0.2) is 5.16 Å². The Balaban J connectivity index is 2.02. The van der Waals surface area contributed by atoms with E-state index < -0.39 is 0 Å². The first kappa shape index (κ1) is 15.6. The van der Waals surface area contributed by atoms with Gasteiger partial charge in [0, 0.05) is 23.6 Å². The summed E-state index contributed by atoms with van der Waals surface area (Å²) < 4.78 is 1.84. The number of unbranched alkanes of at least 4 members (excludes halogenated alkanes) is 1. The van der Waals surface area contributed by atoms with Gasteiger partial charge >= 0.3 is 0 Å². The van der Waals surface area contributed by atoms with Gasteiger partial charge in [-0.25, -0.2) is 4.98 Å². The molecule has 2 heterocycles. The third-order valence-electron chi connectivity index (χ3n) is 3.90. The van der Waals surface area contributed by atoms with Crippen molar-refractivity contribution in [3.05, 3.63) is 20.8 Å². The van der Waals surface area contributed by atoms with Crippen molar-refractivity contribution in [2.24, 2.45) is 0 Å². The first-order chi connectivity index (χ1) is 10.8. The van der Waals surface area contributed by atoms with Crippen molar-refractivity contribution in [1.29, 1.82) is 5.26 Å². The normalized spacial score (nSPS) is 13.5. The van der Waals surface area contributed by atoms with E-state index in [1.165, 1.54) is 10.4 Å². The van der Waals surface area contributed by atoms with Gasteiger partial charge in [0.25, 0.3) is 5.56 Å². The highest BCUT2D eigenvalue weighted by atomic mass is 32.2. The average molecular weight is 333 g/mol. The van der Waals surface area contributed by atoms with Gasteiger partial charge in [-0.1, -0.05) is 18.7 Å². The molecule has 22 heavy (non-hydrogen) atoms. The number of fused-ring (bicyclic) bond motifs is 3. The molecule has 0 fully saturated rings. The second-order valence-electron chi connectivity index (χ2n) is 5.50. The highest BCUT2D eigenvalue weighted by molar-refractivity contribution is 7.99. The molecule has 0 aromatic carbocycles. The standard InChI is InChI=1S/C16H19N3OS2/c1-2-9-19-15(20)13-11-6-5-7-12(11)22-14(13)18-16(19)21-10-4-3-8-17/h2-7,9-10H2,1H3. The maximum atomic E-state index is 12.9. The van der Waals surface area contributed by atoms with Crippen LogP contribution >= 0.6 is 23.1 Å². The van der Waals surface area contributed by atoms with Crippen molar-refractivity contribution in [1.82, 2.24) is 9.55 Å². The first-order valence-corrected chi connectivity index (χ1v) is 9.61. The lowest BCUT2D eigenvalue weighted by atomic mass is 10.2. The highest BCUT2D eigenvalue weighted by Gasteiger charge is 2.23. The minimum absolute atomic E-state index is 0.133. The molecule has 1 aliphatic carbocycles. The van der Waals surface area contributed by atoms with Gasteiger partial charge in [-0.05, 0) is 37.7 Å². The molecule has 4 nitrogen and oxygen atoms in total. The molecule has 0 spiro atoms. The fraction of sp³-hybridized carbons (Fsp3) is 0.562. The van der Waals surface area contributed by atoms with Gasteiger partial charge in [-0.3, -0.25) is 9.36 Å². The quantitative estimate of drug-likeness (QED) is 0.459. The predicted octanol–water partition coefficient (Wildman–Crippen LogP) is 3.75. The van der Waals surface area contributed by atoms with Crippen molar-refractivity contribution >= 4 is 33.3 Å². The number of aryl methyl sites for hydroxylation is 2. The average Bonchev–Trinajstić information content (AvgIpc) is 3.07. The number of nitrogens with zero attached hydrogens (tertiary/aromatic N) is 3. The molecule has 1 aliphatic rings. The molecule has 0 unspecified atom stereocenters. The van der Waals surface area contributed by atoms with Gasteiger partial charge in [-0.15, -0.1) is 11.3 Å². The molecule has 0 atom stereocenters. The van der Waals surface area contributed by atoms with E-state index in [0.29, 0.717) is 13.0 Å². The number of thiophene rings is 1. The third kappa shape index (κ3) is 2.80. The van der Waals surface area contributed by atoms with Crippen molar-refractivity contribution < 1.29 is 0 Å². The molecular formula is C16H19N3OS2. The van der Waals surface area contributed by atoms with Crippen molar-refractivity contribution in [3.8, 4) is 6.07 Å². The Morgan fingerprint density at radius 3 is 3.09 bits per heavy atom. The fourth-order valence-electron chi connectivity index (χ4n) is 2.90. The molecule has 2 aromatic rings. The zero-order valence-electron chi connectivity index (χ0n) is 12.7. The lowest BCUT2D eigenvalue weighted by Crippen LogP contribution is -2.23. The summed E-state index contributed by atoms with van der Waals surface area (Å²) in [7, 11) is 0. The summed E-state index contributed by atoms with van der Waals surface area (Å²) in [4.78, 5) is 20.0. The molecule has 116 valence electrons. The summed E-state index contributed by atoms with van der Waals surface area (Å²) in [5.41, 5.74) is 1.39. The summed E-state index contributed by atoms with van der Waals surface area (Å²) in [6, 6.07) is 2.16. The van der Waals surface area contributed by atoms with Gasteiger partial charge in [0.2, 0.25) is 0 Å². The second-order valence-corrected chi connectivity index (χ2v) is 7.64. The van der Waals surface area contributed by atoms with Gasteiger partial charge in [0.1, 0.15) is 4.83 Å². The van der Waals surface area contributed by atoms with Gasteiger partial charge < -0.3 is 0 Å². The number of rotatable bonds is 6. The van der Waals surface area contributed by atoms with Crippen LogP contribution in [0, 0.1) is 11.3 Å². The van der Waals surface area contributed by atoms with E-state index >= 15 is 0 Å². The summed E-state index contributed by atoms with van der Waals surface area (Å²) in [5.74, 6) is 0.834. The monoisotopic (exact) mass is 333 g/mol. The van der Waals surface area contributed by atoms with Crippen LogP contribution < -0.4 is 5.56 Å². The highest BCUT2D eigenvalue weighted by Crippen LogP contribution is 2.35. The zero-order chi connectivity index (χ0) is 15.5. The Morgan fingerprint density at radius 2 is 2.32 bits per heavy atom. The summed E-state index contributed by atoms with van der Waals surface area (Å²) >= 11 is 3.30. The summed E-state index contributed by atoms with van der Waals surface area (Å²) in [6.45, 7) is 2.80. The largest absolute Gasteiger partial charge is 0.287 e. The number of aromatic nitrogens is 2. The van der Waals surface area contributed by atoms with Crippen LogP contribution in [0.2, 0.25) is 0 Å². The van der Waals surface area contributed by atoms with Crippen LogP contribution in [-0.4, -0.2) is 15.3 Å². The van der Waals surface area contributed by atoms with Crippen LogP contribution in [0.15, 0.2) is 9.95 Å². The minimum Gasteiger partial charge on any atom is -0.287 e. The smallest absolute Gasteiger partial charge is 0.263 e. The molecule has 2 aromatic heterocycles. The topological polar surface area (TPSA) is 58.7 Å². The number of thioether (sulfide) groups is 1. The molecule has 0 saturated carbocycles. The molecule has 0 aliphatic heterocycles. The Morgan fingerprint density at radius 1 is 1.45 bits per heavy atom. The molecular weight excluding hydrogens is 314 g/mol. The maximum absolute atomic E-state index is 12.9. The number of hydrogen-bond acceptors (Lipinski definition) is 5. The number of nitriles is 1. The van der Waals surface area contributed by atoms with Crippen LogP contribution in [0.25, 0.3) is 10.2 Å². The fourth-order valence-corrected chi connectivity index (χ4v) is 5.17. The van der Waals surface area contributed by atoms with E-state index in [1.54, 1.807) is 23.1 Å². The van der Waals surface area contributed by atoms with E-state index in [9.17, 15) is 4.79 Å². The molecule has 0 N–H and O–H groups in total. The Hall–Kier alpha value is -1.32. The molecule has 6 heteroatoms. The Labute approximate surface area is 138 Å². The van der Waals surface area contributed by atoms with E-state index in [1.807, 2.05) is 4.57 Å². The number of hydrogen-bond donors (Lipinski definition) is 0. The van der Waals surface area contributed by atoms with Crippen LogP contribution in [0.1, 0.15) is 43.0 Å². The maximum Gasteiger partial charge on any atom is 0.263 e. The van der Waals surface area contributed by atoms with Crippen LogP contribution in [0.5, 0.6) is 0 Å². The zero-order valence-corrected chi connectivity index (χ0v) is 14.4. The molecule has 0 radical (unpaired) electrons. The molecule has 0 bridgehead atoms. The second kappa shape index (κ2) is 6.84. The first-order valence-electron chi connectivity index (χ1n) is 7.81. The summed E-state index contributed by atoms with van der Waals surface area (Å²) in [5, 5.41) is 10.3. The molecule has 0 amide bonds. The van der Waals surface area contributed by atoms with Crippen LogP contribution in [0.4, 0.5) is 0 Å². The van der Waals surface area contributed by atoms with Gasteiger partial charge in [-0.2, -0.15) is 5.26 Å². The van der Waals surface area contributed by atoms with E-state index in [2.05, 4.69) is 13.0 Å². The Bertz CT molecular complexity index is 785. The van der Waals surface area contributed by atoms with E-state index in [4.69, 9.17) is 10.2 Å². The van der Waals surface area contributed by atoms with Crippen molar-refractivity contribution in [3.63, 3.8) is 0 Å². The molecule has 0 saturated heterocycles. The predicted molar refractivity (Wildman–Crippen MR) is 91.8 cm³/mol. The lowest BCUT2D eigenvalue weighted by molar-refractivity contribution is 0.585. The van der Waals surface area contributed by atoms with Crippen molar-refractivity contribution in [2.45, 2.75) is 57.1 Å². The van der Waals surface area contributed by atoms with Crippen LogP contribution in [-0.2, 0) is 19.4 Å². The van der Waals surface area contributed by atoms with E-state index in [0.717, 1.165) is 53.2 Å². The minimum atomic E-state index is 0.133. The van der Waals surface area contributed by atoms with Crippen LogP contribution in [0.3, 0.4) is 0 Å². The third-order valence-corrected chi connectivity index (χ3v) is 6.15. The Kier molecular flexibility index (Phi) is 4.84. The molecule has 3 rings (SSSR count).